The van der Waals surface area contributed by atoms with Crippen molar-refractivity contribution in [2.24, 2.45) is 5.92 Å². The van der Waals surface area contributed by atoms with Crippen molar-refractivity contribution >= 4 is 19.2 Å². The number of hydrogen-bond donors (Lipinski definition) is 4. The molecule has 0 spiro atoms. The highest BCUT2D eigenvalue weighted by Gasteiger charge is 2.42. The molecule has 0 radical (unpaired) electrons. The maximum Gasteiger partial charge on any atom is 0.361 e. The molecule has 1 rings (SSSR count). The van der Waals surface area contributed by atoms with Crippen LogP contribution in [0, 0.1) is 5.92 Å². The number of benzene rings is 1. The normalized spacial score (nSPS) is 15.1. The number of anilines is 1. The Bertz CT molecular complexity index is 521. The zero-order valence-corrected chi connectivity index (χ0v) is 11.9. The summed E-state index contributed by atoms with van der Waals surface area (Å²) in [5.74, 6) is -0.432. The Balaban J connectivity index is 3.08. The van der Waals surface area contributed by atoms with Crippen molar-refractivity contribution in [2.45, 2.75) is 26.1 Å². The summed E-state index contributed by atoms with van der Waals surface area (Å²) in [5.41, 5.74) is 0.423. The van der Waals surface area contributed by atoms with E-state index in [-0.39, 0.29) is 17.4 Å². The number of rotatable bonds is 4. The number of carbonyl (C=O) groups is 1. The Morgan fingerprint density at radius 2 is 1.95 bits per heavy atom. The van der Waals surface area contributed by atoms with Gasteiger partial charge in [-0.2, -0.15) is 0 Å². The quantitative estimate of drug-likeness (QED) is 0.630. The van der Waals surface area contributed by atoms with Crippen molar-refractivity contribution in [2.75, 3.05) is 5.32 Å². The predicted molar refractivity (Wildman–Crippen MR) is 71.5 cm³/mol. The summed E-state index contributed by atoms with van der Waals surface area (Å²) < 4.78 is 11.3. The largest absolute Gasteiger partial charge is 0.373 e. The van der Waals surface area contributed by atoms with E-state index in [9.17, 15) is 14.5 Å². The Hall–Kier alpha value is -1.20. The van der Waals surface area contributed by atoms with E-state index in [0.717, 1.165) is 6.92 Å². The van der Waals surface area contributed by atoms with Gasteiger partial charge in [-0.15, -0.1) is 0 Å². The Labute approximate surface area is 111 Å². The molecule has 0 fully saturated rings. The number of hydrogen-bond acceptors (Lipinski definition) is 3. The van der Waals surface area contributed by atoms with Crippen molar-refractivity contribution < 1.29 is 24.3 Å². The molecule has 4 N–H and O–H groups in total. The fourth-order valence-corrected chi connectivity index (χ4v) is 1.82. The Kier molecular flexibility index (Phi) is 4.53. The van der Waals surface area contributed by atoms with Crippen LogP contribution in [-0.4, -0.2) is 20.8 Å². The minimum absolute atomic E-state index is 0.0439. The maximum atomic E-state index is 11.5. The summed E-state index contributed by atoms with van der Waals surface area (Å²) in [6.45, 7) is 4.49. The molecule has 1 aromatic carbocycles. The minimum Gasteiger partial charge on any atom is -0.373 e. The summed E-state index contributed by atoms with van der Waals surface area (Å²) in [6, 6.07) is 5.83. The van der Waals surface area contributed by atoms with Gasteiger partial charge in [-0.25, -0.2) is 0 Å². The van der Waals surface area contributed by atoms with E-state index in [4.69, 9.17) is 9.79 Å². The number of nitrogens with one attached hydrogen (secondary N) is 1. The van der Waals surface area contributed by atoms with Crippen LogP contribution in [0.4, 0.5) is 5.69 Å². The molecule has 1 atom stereocenters. The van der Waals surface area contributed by atoms with Crippen LogP contribution in [0.5, 0.6) is 0 Å². The standard InChI is InChI=1S/C12H18NO5P/c1-8(2)11(14)13-10-6-4-5-9(7-10)12(3,15)19(16,17)18/h4-8,15H,1-3H3,(H,13,14)(H2,16,17,18). The first-order chi connectivity index (χ1) is 8.55. The topological polar surface area (TPSA) is 107 Å². The number of aliphatic hydroxyl groups is 1. The SMILES string of the molecule is CC(C)C(=O)Nc1cccc(C(C)(O)P(=O)(O)O)c1. The van der Waals surface area contributed by atoms with E-state index in [2.05, 4.69) is 5.32 Å². The van der Waals surface area contributed by atoms with Crippen molar-refractivity contribution in [1.82, 2.24) is 0 Å². The molecule has 1 unspecified atom stereocenters. The van der Waals surface area contributed by atoms with Crippen molar-refractivity contribution in [3.8, 4) is 0 Å². The summed E-state index contributed by atoms with van der Waals surface area (Å²) in [5, 5.41) is 10.2. The van der Waals surface area contributed by atoms with Gasteiger partial charge in [0.05, 0.1) is 0 Å². The van der Waals surface area contributed by atoms with E-state index >= 15 is 0 Å². The minimum atomic E-state index is -4.72. The highest BCUT2D eigenvalue weighted by Crippen LogP contribution is 2.54. The van der Waals surface area contributed by atoms with Crippen LogP contribution in [0.2, 0.25) is 0 Å². The van der Waals surface area contributed by atoms with Crippen LogP contribution in [0.1, 0.15) is 26.3 Å². The molecular weight excluding hydrogens is 269 g/mol. The van der Waals surface area contributed by atoms with Crippen LogP contribution < -0.4 is 5.32 Å². The van der Waals surface area contributed by atoms with Crippen molar-refractivity contribution in [3.05, 3.63) is 29.8 Å². The summed E-state index contributed by atoms with van der Waals surface area (Å²) >= 11 is 0. The summed E-state index contributed by atoms with van der Waals surface area (Å²) in [4.78, 5) is 29.8. The third-order valence-electron chi connectivity index (χ3n) is 2.77. The van der Waals surface area contributed by atoms with Gasteiger partial charge in [0.15, 0.2) is 5.34 Å². The molecule has 6 nitrogen and oxygen atoms in total. The molecule has 7 heteroatoms. The first-order valence-corrected chi connectivity index (χ1v) is 7.36. The molecule has 0 saturated carbocycles. The Morgan fingerprint density at radius 1 is 1.37 bits per heavy atom. The van der Waals surface area contributed by atoms with Crippen LogP contribution in [-0.2, 0) is 14.7 Å². The van der Waals surface area contributed by atoms with Gasteiger partial charge in [-0.05, 0) is 24.6 Å². The molecule has 0 aliphatic heterocycles. The van der Waals surface area contributed by atoms with Crippen molar-refractivity contribution in [3.63, 3.8) is 0 Å². The molecule has 19 heavy (non-hydrogen) atoms. The average Bonchev–Trinajstić information content (AvgIpc) is 2.27. The van der Waals surface area contributed by atoms with Gasteiger partial charge >= 0.3 is 7.60 Å². The molecule has 0 aromatic heterocycles. The Morgan fingerprint density at radius 3 is 2.42 bits per heavy atom. The number of amides is 1. The first-order valence-electron chi connectivity index (χ1n) is 5.75. The fourth-order valence-electron chi connectivity index (χ4n) is 1.35. The van der Waals surface area contributed by atoms with Crippen LogP contribution in [0.15, 0.2) is 24.3 Å². The van der Waals surface area contributed by atoms with Crippen molar-refractivity contribution in [1.29, 1.82) is 0 Å². The van der Waals surface area contributed by atoms with Crippen LogP contribution in [0.3, 0.4) is 0 Å². The number of carbonyl (C=O) groups excluding carboxylic acids is 1. The summed E-state index contributed by atoms with van der Waals surface area (Å²) in [7, 11) is -4.72. The maximum absolute atomic E-state index is 11.5. The zero-order chi connectivity index (χ0) is 14.8. The highest BCUT2D eigenvalue weighted by atomic mass is 31.2. The van der Waals surface area contributed by atoms with Gasteiger partial charge in [-0.1, -0.05) is 26.0 Å². The van der Waals surface area contributed by atoms with E-state index in [1.54, 1.807) is 19.9 Å². The van der Waals surface area contributed by atoms with Gasteiger partial charge in [0.2, 0.25) is 5.91 Å². The monoisotopic (exact) mass is 287 g/mol. The molecule has 106 valence electrons. The van der Waals surface area contributed by atoms with E-state index in [1.807, 2.05) is 0 Å². The molecule has 0 aliphatic carbocycles. The lowest BCUT2D eigenvalue weighted by Crippen LogP contribution is -2.22. The zero-order valence-electron chi connectivity index (χ0n) is 11.0. The van der Waals surface area contributed by atoms with Gasteiger partial charge < -0.3 is 20.2 Å². The highest BCUT2D eigenvalue weighted by molar-refractivity contribution is 7.52. The molecule has 0 saturated heterocycles. The van der Waals surface area contributed by atoms with Gasteiger partial charge in [0, 0.05) is 11.6 Å². The third-order valence-corrected chi connectivity index (χ3v) is 4.16. The van der Waals surface area contributed by atoms with E-state index in [1.165, 1.54) is 18.2 Å². The van der Waals surface area contributed by atoms with E-state index in [0.29, 0.717) is 5.69 Å². The molecule has 0 bridgehead atoms. The lowest BCUT2D eigenvalue weighted by Gasteiger charge is -2.25. The second-order valence-electron chi connectivity index (χ2n) is 4.79. The van der Waals surface area contributed by atoms with Gasteiger partial charge in [0.25, 0.3) is 0 Å². The molecule has 0 heterocycles. The molecule has 0 aliphatic rings. The van der Waals surface area contributed by atoms with Crippen LogP contribution >= 0.6 is 7.60 Å². The summed E-state index contributed by atoms with van der Waals surface area (Å²) in [6.07, 6.45) is 0. The van der Waals surface area contributed by atoms with E-state index < -0.39 is 12.9 Å². The predicted octanol–water partition coefficient (Wildman–Crippen LogP) is 1.62. The first kappa shape index (κ1) is 15.9. The molecule has 1 amide bonds. The molecular formula is C12H18NO5P. The second kappa shape index (κ2) is 5.43. The molecule has 1 aromatic rings. The lowest BCUT2D eigenvalue weighted by atomic mass is 10.1. The third kappa shape index (κ3) is 3.64. The van der Waals surface area contributed by atoms with Gasteiger partial charge in [-0.3, -0.25) is 9.36 Å². The fraction of sp³-hybridized carbons (Fsp3) is 0.417. The second-order valence-corrected chi connectivity index (χ2v) is 6.75. The van der Waals surface area contributed by atoms with Gasteiger partial charge in [0.1, 0.15) is 0 Å². The van der Waals surface area contributed by atoms with Crippen LogP contribution in [0.25, 0.3) is 0 Å². The smallest absolute Gasteiger partial charge is 0.361 e. The lowest BCUT2D eigenvalue weighted by molar-refractivity contribution is -0.118. The average molecular weight is 287 g/mol.